The molecule has 1 aromatic heterocycles. The number of nitrogens with one attached hydrogen (secondary N) is 2. The van der Waals surface area contributed by atoms with Gasteiger partial charge in [-0.2, -0.15) is 13.2 Å². The van der Waals surface area contributed by atoms with Crippen LogP contribution >= 0.6 is 11.6 Å². The van der Waals surface area contributed by atoms with E-state index in [1.165, 1.54) is 24.4 Å². The number of nitrogens with zero attached hydrogens (tertiary/aromatic N) is 2. The number of anilines is 1. The zero-order chi connectivity index (χ0) is 27.8. The first-order valence-corrected chi connectivity index (χ1v) is 12.7. The van der Waals surface area contributed by atoms with Crippen molar-refractivity contribution >= 4 is 29.2 Å². The Hall–Kier alpha value is -3.08. The van der Waals surface area contributed by atoms with E-state index in [0.29, 0.717) is 18.7 Å². The van der Waals surface area contributed by atoms with Crippen molar-refractivity contribution in [3.8, 4) is 5.75 Å². The van der Waals surface area contributed by atoms with Crippen molar-refractivity contribution in [2.75, 3.05) is 4.90 Å². The summed E-state index contributed by atoms with van der Waals surface area (Å²) in [6.07, 6.45) is -0.173. The van der Waals surface area contributed by atoms with Crippen LogP contribution in [0.15, 0.2) is 36.5 Å². The summed E-state index contributed by atoms with van der Waals surface area (Å²) in [7, 11) is 0. The highest BCUT2D eigenvalue weighted by atomic mass is 35.5. The smallest absolute Gasteiger partial charge is 0.408 e. The zero-order valence-corrected chi connectivity index (χ0v) is 21.9. The molecule has 7 nitrogen and oxygen atoms in total. The van der Waals surface area contributed by atoms with Crippen LogP contribution in [-0.2, 0) is 4.79 Å². The van der Waals surface area contributed by atoms with Gasteiger partial charge in [0.25, 0.3) is 11.8 Å². The minimum atomic E-state index is -4.53. The van der Waals surface area contributed by atoms with Gasteiger partial charge in [-0.3, -0.25) is 9.59 Å². The molecular weight excluding hydrogens is 528 g/mol. The summed E-state index contributed by atoms with van der Waals surface area (Å²) in [6.45, 7) is 4.01. The van der Waals surface area contributed by atoms with Crippen molar-refractivity contribution in [1.82, 2.24) is 15.6 Å². The number of benzene rings is 1. The zero-order valence-electron chi connectivity index (χ0n) is 21.1. The number of hydrogen-bond donors (Lipinski definition) is 2. The standard InChI is InChI=1S/C26H29ClF4N4O3/c1-14(26(29,30)31)33-23(36)15-4-9-22(32-13-15)35-18-6-7-19(35)12-17(11-18)34-24(37)25(2,3)38-21-8-5-16(27)10-20(21)28/h4-5,8-10,13-14,17-19H,6-7,11-12H2,1-3H3,(H,33,36)(H,34,37)/t14-,17?,18-,19+/m0/s1. The second kappa shape index (κ2) is 10.6. The molecule has 2 aliphatic rings. The molecule has 4 atom stereocenters. The third-order valence-corrected chi connectivity index (χ3v) is 7.22. The van der Waals surface area contributed by atoms with Gasteiger partial charge in [0, 0.05) is 29.3 Å². The molecule has 2 saturated heterocycles. The summed E-state index contributed by atoms with van der Waals surface area (Å²) in [5, 5.41) is 5.19. The van der Waals surface area contributed by atoms with E-state index in [0.717, 1.165) is 25.8 Å². The molecule has 4 rings (SSSR count). The van der Waals surface area contributed by atoms with Crippen LogP contribution in [0.2, 0.25) is 5.02 Å². The first kappa shape index (κ1) is 27.9. The fourth-order valence-electron chi connectivity index (χ4n) is 4.94. The van der Waals surface area contributed by atoms with Crippen molar-refractivity contribution in [3.05, 3.63) is 52.9 Å². The molecule has 0 aliphatic carbocycles. The second-order valence-electron chi connectivity index (χ2n) is 10.3. The molecule has 0 radical (unpaired) electrons. The highest BCUT2D eigenvalue weighted by Crippen LogP contribution is 2.39. The van der Waals surface area contributed by atoms with Gasteiger partial charge in [-0.05, 0) is 76.8 Å². The normalized spacial score (nSPS) is 22.1. The third kappa shape index (κ3) is 6.14. The molecule has 2 aliphatic heterocycles. The SMILES string of the molecule is C[C@H](NC(=O)c1ccc(N2[C@@H]3CC[C@H]2CC(NC(=O)C(C)(C)Oc2ccc(Cl)cc2F)C3)nc1)C(F)(F)F. The van der Waals surface area contributed by atoms with Crippen molar-refractivity contribution in [2.45, 2.75) is 82.4 Å². The van der Waals surface area contributed by atoms with Gasteiger partial charge in [0.05, 0.1) is 5.56 Å². The number of carbonyl (C=O) groups excluding carboxylic acids is 2. The number of pyridine rings is 1. The number of ether oxygens (including phenoxy) is 1. The summed E-state index contributed by atoms with van der Waals surface area (Å²) < 4.78 is 58.0. The number of hydrogen-bond acceptors (Lipinski definition) is 5. The fraction of sp³-hybridized carbons (Fsp3) is 0.500. The molecular formula is C26H29ClF4N4O3. The van der Waals surface area contributed by atoms with Gasteiger partial charge in [0.2, 0.25) is 0 Å². The summed E-state index contributed by atoms with van der Waals surface area (Å²) >= 11 is 5.78. The molecule has 3 heterocycles. The molecule has 12 heteroatoms. The van der Waals surface area contributed by atoms with Crippen molar-refractivity contribution < 1.29 is 31.9 Å². The molecule has 1 unspecified atom stereocenters. The molecule has 38 heavy (non-hydrogen) atoms. The highest BCUT2D eigenvalue weighted by Gasteiger charge is 2.43. The number of piperidine rings is 1. The number of aromatic nitrogens is 1. The Bertz CT molecular complexity index is 1180. The minimum Gasteiger partial charge on any atom is -0.475 e. The number of halogens is 5. The molecule has 2 fully saturated rings. The molecule has 0 saturated carbocycles. The first-order chi connectivity index (χ1) is 17.7. The monoisotopic (exact) mass is 556 g/mol. The lowest BCUT2D eigenvalue weighted by atomic mass is 9.96. The maximum Gasteiger partial charge on any atom is 0.408 e. The van der Waals surface area contributed by atoms with E-state index in [1.54, 1.807) is 19.9 Å². The van der Waals surface area contributed by atoms with E-state index in [9.17, 15) is 27.2 Å². The first-order valence-electron chi connectivity index (χ1n) is 12.3. The lowest BCUT2D eigenvalue weighted by molar-refractivity contribution is -0.149. The van der Waals surface area contributed by atoms with Gasteiger partial charge in [-0.15, -0.1) is 0 Å². The molecule has 206 valence electrons. The van der Waals surface area contributed by atoms with Gasteiger partial charge >= 0.3 is 6.18 Å². The Morgan fingerprint density at radius 1 is 1.13 bits per heavy atom. The summed E-state index contributed by atoms with van der Waals surface area (Å²) in [5.74, 6) is -1.31. The van der Waals surface area contributed by atoms with E-state index in [4.69, 9.17) is 16.3 Å². The van der Waals surface area contributed by atoms with E-state index in [2.05, 4.69) is 15.2 Å². The second-order valence-corrected chi connectivity index (χ2v) is 10.7. The quantitative estimate of drug-likeness (QED) is 0.468. The molecule has 2 N–H and O–H groups in total. The third-order valence-electron chi connectivity index (χ3n) is 6.99. The molecule has 2 aromatic rings. The van der Waals surface area contributed by atoms with Crippen LogP contribution in [0.25, 0.3) is 0 Å². The van der Waals surface area contributed by atoms with Crippen LogP contribution in [0.4, 0.5) is 23.4 Å². The van der Waals surface area contributed by atoms with Crippen LogP contribution in [0, 0.1) is 5.82 Å². The van der Waals surface area contributed by atoms with Crippen LogP contribution in [0.3, 0.4) is 0 Å². The predicted molar refractivity (Wildman–Crippen MR) is 134 cm³/mol. The fourth-order valence-corrected chi connectivity index (χ4v) is 5.10. The lowest BCUT2D eigenvalue weighted by Gasteiger charge is -2.40. The van der Waals surface area contributed by atoms with Gasteiger partial charge in [-0.25, -0.2) is 9.37 Å². The Balaban J connectivity index is 1.36. The van der Waals surface area contributed by atoms with Gasteiger partial charge < -0.3 is 20.3 Å². The predicted octanol–water partition coefficient (Wildman–Crippen LogP) is 5.03. The molecule has 2 bridgehead atoms. The topological polar surface area (TPSA) is 83.6 Å². The molecule has 1 aromatic carbocycles. The minimum absolute atomic E-state index is 0.0405. The Morgan fingerprint density at radius 3 is 2.34 bits per heavy atom. The Labute approximate surface area is 222 Å². The van der Waals surface area contributed by atoms with E-state index in [1.807, 2.05) is 5.32 Å². The van der Waals surface area contributed by atoms with Crippen LogP contribution < -0.4 is 20.3 Å². The average Bonchev–Trinajstić information content (AvgIpc) is 3.10. The van der Waals surface area contributed by atoms with E-state index < -0.39 is 29.5 Å². The number of rotatable bonds is 7. The maximum atomic E-state index is 14.2. The molecule has 2 amide bonds. The lowest BCUT2D eigenvalue weighted by Crippen LogP contribution is -2.55. The Kier molecular flexibility index (Phi) is 7.79. The van der Waals surface area contributed by atoms with Gasteiger partial charge in [0.1, 0.15) is 11.9 Å². The average molecular weight is 557 g/mol. The van der Waals surface area contributed by atoms with E-state index in [-0.39, 0.29) is 40.4 Å². The molecule has 0 spiro atoms. The summed E-state index contributed by atoms with van der Waals surface area (Å²) in [6, 6.07) is 5.17. The highest BCUT2D eigenvalue weighted by molar-refractivity contribution is 6.30. The maximum absolute atomic E-state index is 14.2. The number of carbonyl (C=O) groups is 2. The van der Waals surface area contributed by atoms with Crippen LogP contribution in [-0.4, -0.2) is 52.7 Å². The van der Waals surface area contributed by atoms with Gasteiger partial charge in [-0.1, -0.05) is 11.6 Å². The summed E-state index contributed by atoms with van der Waals surface area (Å²) in [4.78, 5) is 31.7. The number of fused-ring (bicyclic) bond motifs is 2. The van der Waals surface area contributed by atoms with Crippen LogP contribution in [0.5, 0.6) is 5.75 Å². The number of alkyl halides is 3. The number of amides is 2. The van der Waals surface area contributed by atoms with Crippen molar-refractivity contribution in [1.29, 1.82) is 0 Å². The van der Waals surface area contributed by atoms with E-state index >= 15 is 0 Å². The van der Waals surface area contributed by atoms with Gasteiger partial charge in [0.15, 0.2) is 17.2 Å². The largest absolute Gasteiger partial charge is 0.475 e. The Morgan fingerprint density at radius 2 is 1.79 bits per heavy atom. The van der Waals surface area contributed by atoms with Crippen LogP contribution in [0.1, 0.15) is 56.8 Å². The van der Waals surface area contributed by atoms with Crippen molar-refractivity contribution in [3.63, 3.8) is 0 Å². The van der Waals surface area contributed by atoms with Crippen molar-refractivity contribution in [2.24, 2.45) is 0 Å². The summed E-state index contributed by atoms with van der Waals surface area (Å²) in [5.41, 5.74) is -1.29.